The van der Waals surface area contributed by atoms with Gasteiger partial charge in [0.25, 0.3) is 0 Å². The van der Waals surface area contributed by atoms with Crippen molar-refractivity contribution in [2.75, 3.05) is 0 Å². The Morgan fingerprint density at radius 3 is 2.57 bits per heavy atom. The topological polar surface area (TPSA) is 47.3 Å². The Kier molecular flexibility index (Phi) is 3.63. The molecule has 1 aromatic heterocycles. The minimum atomic E-state index is -0.225. The SMILES string of the molecule is CCCC(=O)CC(=O)c1ccc(C)o1. The Hall–Kier alpha value is -1.38. The van der Waals surface area contributed by atoms with Crippen molar-refractivity contribution in [3.8, 4) is 0 Å². The lowest BCUT2D eigenvalue weighted by Crippen LogP contribution is -2.06. The number of ketones is 2. The number of furan rings is 1. The zero-order valence-electron chi connectivity index (χ0n) is 8.50. The third-order valence-electron chi connectivity index (χ3n) is 1.90. The van der Waals surface area contributed by atoms with Crippen molar-refractivity contribution in [2.24, 2.45) is 0 Å². The molecule has 3 heteroatoms. The second-order valence-corrected chi connectivity index (χ2v) is 3.30. The van der Waals surface area contributed by atoms with Crippen molar-refractivity contribution in [1.82, 2.24) is 0 Å². The fourth-order valence-electron chi connectivity index (χ4n) is 1.22. The predicted molar refractivity (Wildman–Crippen MR) is 52.3 cm³/mol. The van der Waals surface area contributed by atoms with Gasteiger partial charge in [-0.05, 0) is 25.5 Å². The van der Waals surface area contributed by atoms with Crippen molar-refractivity contribution in [3.05, 3.63) is 23.7 Å². The number of hydrogen-bond donors (Lipinski definition) is 0. The maximum absolute atomic E-state index is 11.4. The quantitative estimate of drug-likeness (QED) is 0.534. The average molecular weight is 194 g/mol. The van der Waals surface area contributed by atoms with Crippen LogP contribution < -0.4 is 0 Å². The minimum Gasteiger partial charge on any atom is -0.458 e. The van der Waals surface area contributed by atoms with E-state index in [1.54, 1.807) is 19.1 Å². The normalized spacial score (nSPS) is 10.1. The van der Waals surface area contributed by atoms with Crippen LogP contribution in [-0.4, -0.2) is 11.6 Å². The van der Waals surface area contributed by atoms with E-state index in [9.17, 15) is 9.59 Å². The van der Waals surface area contributed by atoms with E-state index in [2.05, 4.69) is 0 Å². The predicted octanol–water partition coefficient (Wildman–Crippen LogP) is 2.53. The smallest absolute Gasteiger partial charge is 0.205 e. The first-order chi connectivity index (χ1) is 6.63. The number of carbonyl (C=O) groups excluding carboxylic acids is 2. The zero-order valence-corrected chi connectivity index (χ0v) is 8.50. The van der Waals surface area contributed by atoms with Gasteiger partial charge >= 0.3 is 0 Å². The largest absolute Gasteiger partial charge is 0.458 e. The molecule has 3 nitrogen and oxygen atoms in total. The van der Waals surface area contributed by atoms with Crippen LogP contribution in [0, 0.1) is 6.92 Å². The molecule has 0 radical (unpaired) electrons. The number of aryl methyl sites for hydroxylation is 1. The van der Waals surface area contributed by atoms with E-state index >= 15 is 0 Å². The molecular weight excluding hydrogens is 180 g/mol. The van der Waals surface area contributed by atoms with Gasteiger partial charge in [0, 0.05) is 6.42 Å². The third kappa shape index (κ3) is 2.83. The highest BCUT2D eigenvalue weighted by Crippen LogP contribution is 2.09. The van der Waals surface area contributed by atoms with Crippen LogP contribution in [0.3, 0.4) is 0 Å². The molecule has 0 amide bonds. The monoisotopic (exact) mass is 194 g/mol. The first-order valence-corrected chi connectivity index (χ1v) is 4.74. The summed E-state index contributed by atoms with van der Waals surface area (Å²) in [6.45, 7) is 3.68. The van der Waals surface area contributed by atoms with Gasteiger partial charge in [-0.25, -0.2) is 0 Å². The van der Waals surface area contributed by atoms with Crippen molar-refractivity contribution >= 4 is 11.6 Å². The van der Waals surface area contributed by atoms with Gasteiger partial charge in [-0.2, -0.15) is 0 Å². The van der Waals surface area contributed by atoms with E-state index in [1.165, 1.54) is 0 Å². The van der Waals surface area contributed by atoms with Crippen molar-refractivity contribution in [3.63, 3.8) is 0 Å². The van der Waals surface area contributed by atoms with E-state index in [-0.39, 0.29) is 23.7 Å². The minimum absolute atomic E-state index is 0.0217. The molecule has 14 heavy (non-hydrogen) atoms. The lowest BCUT2D eigenvalue weighted by atomic mass is 10.1. The van der Waals surface area contributed by atoms with Crippen LogP contribution in [0.5, 0.6) is 0 Å². The van der Waals surface area contributed by atoms with Crippen LogP contribution in [0.15, 0.2) is 16.5 Å². The van der Waals surface area contributed by atoms with Crippen LogP contribution in [0.4, 0.5) is 0 Å². The Morgan fingerprint density at radius 2 is 2.07 bits per heavy atom. The Bertz CT molecular complexity index is 336. The first kappa shape index (κ1) is 10.7. The molecule has 0 aliphatic rings. The van der Waals surface area contributed by atoms with Crippen LogP contribution in [-0.2, 0) is 4.79 Å². The van der Waals surface area contributed by atoms with Crippen molar-refractivity contribution < 1.29 is 14.0 Å². The Balaban J connectivity index is 2.55. The molecule has 0 N–H and O–H groups in total. The molecule has 0 unspecified atom stereocenters. The molecule has 0 spiro atoms. The van der Waals surface area contributed by atoms with Crippen LogP contribution >= 0.6 is 0 Å². The van der Waals surface area contributed by atoms with Crippen LogP contribution in [0.1, 0.15) is 42.5 Å². The first-order valence-electron chi connectivity index (χ1n) is 4.74. The maximum atomic E-state index is 11.4. The molecule has 1 aromatic rings. The van der Waals surface area contributed by atoms with Crippen molar-refractivity contribution in [1.29, 1.82) is 0 Å². The van der Waals surface area contributed by atoms with E-state index in [4.69, 9.17) is 4.42 Å². The summed E-state index contributed by atoms with van der Waals surface area (Å²) in [5.74, 6) is 0.728. The van der Waals surface area contributed by atoms with Crippen LogP contribution in [0.2, 0.25) is 0 Å². The number of hydrogen-bond acceptors (Lipinski definition) is 3. The van der Waals surface area contributed by atoms with Gasteiger partial charge in [0.2, 0.25) is 5.78 Å². The fourth-order valence-corrected chi connectivity index (χ4v) is 1.22. The summed E-state index contributed by atoms with van der Waals surface area (Å²) in [6.07, 6.45) is 1.20. The van der Waals surface area contributed by atoms with Gasteiger partial charge in [0.05, 0.1) is 6.42 Å². The van der Waals surface area contributed by atoms with Crippen LogP contribution in [0.25, 0.3) is 0 Å². The highest BCUT2D eigenvalue weighted by atomic mass is 16.3. The van der Waals surface area contributed by atoms with Crippen molar-refractivity contribution in [2.45, 2.75) is 33.1 Å². The van der Waals surface area contributed by atoms with Gasteiger partial charge < -0.3 is 4.42 Å². The summed E-state index contributed by atoms with van der Waals surface area (Å²) >= 11 is 0. The highest BCUT2D eigenvalue weighted by molar-refractivity contribution is 6.06. The van der Waals surface area contributed by atoms with Gasteiger partial charge in [-0.3, -0.25) is 9.59 Å². The summed E-state index contributed by atoms with van der Waals surface area (Å²) in [4.78, 5) is 22.6. The second-order valence-electron chi connectivity index (χ2n) is 3.30. The lowest BCUT2D eigenvalue weighted by molar-refractivity contribution is -0.118. The average Bonchev–Trinajstić information content (AvgIpc) is 2.52. The summed E-state index contributed by atoms with van der Waals surface area (Å²) in [5, 5.41) is 0. The molecular formula is C11H14O3. The van der Waals surface area contributed by atoms with E-state index in [0.717, 1.165) is 6.42 Å². The maximum Gasteiger partial charge on any atom is 0.205 e. The van der Waals surface area contributed by atoms with E-state index in [1.807, 2.05) is 6.92 Å². The zero-order chi connectivity index (χ0) is 10.6. The molecule has 0 saturated carbocycles. The van der Waals surface area contributed by atoms with Gasteiger partial charge in [0.1, 0.15) is 11.5 Å². The molecule has 0 bridgehead atoms. The van der Waals surface area contributed by atoms with Gasteiger partial charge in [0.15, 0.2) is 5.76 Å². The van der Waals surface area contributed by atoms with E-state index < -0.39 is 0 Å². The Labute approximate surface area is 83.1 Å². The molecule has 0 atom stereocenters. The number of Topliss-reactive ketones (excluding diaryl/α,β-unsaturated/α-hetero) is 2. The van der Waals surface area contributed by atoms with Gasteiger partial charge in [-0.15, -0.1) is 0 Å². The fraction of sp³-hybridized carbons (Fsp3) is 0.455. The van der Waals surface area contributed by atoms with E-state index in [0.29, 0.717) is 12.2 Å². The summed E-state index contributed by atoms with van der Waals surface area (Å²) in [7, 11) is 0. The summed E-state index contributed by atoms with van der Waals surface area (Å²) in [6, 6.07) is 3.33. The second kappa shape index (κ2) is 4.74. The third-order valence-corrected chi connectivity index (χ3v) is 1.90. The summed E-state index contributed by atoms with van der Waals surface area (Å²) in [5.41, 5.74) is 0. The Morgan fingerprint density at radius 1 is 1.36 bits per heavy atom. The summed E-state index contributed by atoms with van der Waals surface area (Å²) < 4.78 is 5.12. The molecule has 1 rings (SSSR count). The van der Waals surface area contributed by atoms with Gasteiger partial charge in [-0.1, -0.05) is 6.92 Å². The molecule has 0 fully saturated rings. The number of carbonyl (C=O) groups is 2. The molecule has 0 aliphatic carbocycles. The number of rotatable bonds is 5. The highest BCUT2D eigenvalue weighted by Gasteiger charge is 2.13. The molecule has 0 aromatic carbocycles. The molecule has 1 heterocycles. The molecule has 76 valence electrons. The standard InChI is InChI=1S/C11H14O3/c1-3-4-9(12)7-10(13)11-6-5-8(2)14-11/h5-6H,3-4,7H2,1-2H3. The lowest BCUT2D eigenvalue weighted by Gasteiger charge is -1.95. The molecule has 0 aliphatic heterocycles. The molecule has 0 saturated heterocycles.